The largest absolute Gasteiger partial charge is 0.468 e. The number of hydrogen-bond donors (Lipinski definition) is 0. The molecule has 0 fully saturated rings. The number of hydrogen-bond acceptors (Lipinski definition) is 9. The Morgan fingerprint density at radius 1 is 0.848 bits per heavy atom. The smallest absolute Gasteiger partial charge is 0.345 e. The van der Waals surface area contributed by atoms with Gasteiger partial charge in [0, 0.05) is 17.6 Å². The van der Waals surface area contributed by atoms with Gasteiger partial charge >= 0.3 is 23.9 Å². The summed E-state index contributed by atoms with van der Waals surface area (Å²) in [5.41, 5.74) is -1.79. The predicted molar refractivity (Wildman–Crippen MR) is 115 cm³/mol. The summed E-state index contributed by atoms with van der Waals surface area (Å²) < 4.78 is 19.6. The van der Waals surface area contributed by atoms with Crippen molar-refractivity contribution in [3.8, 4) is 0 Å². The van der Waals surface area contributed by atoms with E-state index in [-0.39, 0.29) is 37.2 Å². The van der Waals surface area contributed by atoms with Gasteiger partial charge in [-0.3, -0.25) is 14.4 Å². The molecule has 2 rings (SSSR count). The summed E-state index contributed by atoms with van der Waals surface area (Å²) in [4.78, 5) is 63.6. The van der Waals surface area contributed by atoms with Crippen LogP contribution in [0.5, 0.6) is 0 Å². The van der Waals surface area contributed by atoms with Gasteiger partial charge in [0.1, 0.15) is 5.57 Å². The number of methoxy groups -OCH3 is 2. The predicted octanol–water partition coefficient (Wildman–Crippen LogP) is 2.34. The summed E-state index contributed by atoms with van der Waals surface area (Å²) in [7, 11) is 2.23. The number of Topliss-reactive ketones (excluding diaryl/α,β-unsaturated/α-hetero) is 1. The van der Waals surface area contributed by atoms with Crippen molar-refractivity contribution >= 4 is 29.7 Å². The van der Waals surface area contributed by atoms with Gasteiger partial charge < -0.3 is 18.9 Å². The van der Waals surface area contributed by atoms with Gasteiger partial charge in [0.05, 0.1) is 27.4 Å². The molecule has 0 saturated carbocycles. The summed E-state index contributed by atoms with van der Waals surface area (Å²) in [5, 5.41) is 0. The monoisotopic (exact) mass is 458 g/mol. The molecule has 9 nitrogen and oxygen atoms in total. The second-order valence-electron chi connectivity index (χ2n) is 7.12. The Morgan fingerprint density at radius 3 is 1.82 bits per heavy atom. The van der Waals surface area contributed by atoms with E-state index < -0.39 is 40.6 Å². The zero-order valence-electron chi connectivity index (χ0n) is 19.0. The van der Waals surface area contributed by atoms with Gasteiger partial charge in [-0.25, -0.2) is 9.59 Å². The van der Waals surface area contributed by atoms with E-state index in [1.165, 1.54) is 0 Å². The van der Waals surface area contributed by atoms with E-state index >= 15 is 0 Å². The highest BCUT2D eigenvalue weighted by Gasteiger charge is 2.54. The average Bonchev–Trinajstić information content (AvgIpc) is 3.22. The van der Waals surface area contributed by atoms with Gasteiger partial charge in [-0.2, -0.15) is 0 Å². The van der Waals surface area contributed by atoms with Crippen molar-refractivity contribution in [3.63, 3.8) is 0 Å². The fourth-order valence-corrected chi connectivity index (χ4v) is 3.59. The molecule has 33 heavy (non-hydrogen) atoms. The highest BCUT2D eigenvalue weighted by molar-refractivity contribution is 6.16. The quantitative estimate of drug-likeness (QED) is 0.137. The minimum Gasteiger partial charge on any atom is -0.468 e. The van der Waals surface area contributed by atoms with E-state index in [0.29, 0.717) is 5.56 Å². The summed E-state index contributed by atoms with van der Waals surface area (Å²) in [6.07, 6.45) is 0.493. The van der Waals surface area contributed by atoms with Crippen LogP contribution in [0.4, 0.5) is 0 Å². The van der Waals surface area contributed by atoms with Gasteiger partial charge in [-0.15, -0.1) is 0 Å². The lowest BCUT2D eigenvalue weighted by Gasteiger charge is -2.23. The molecule has 0 atom stereocenters. The first-order valence-corrected chi connectivity index (χ1v) is 10.3. The first-order valence-electron chi connectivity index (χ1n) is 10.3. The molecule has 0 saturated heterocycles. The van der Waals surface area contributed by atoms with E-state index in [1.807, 2.05) is 0 Å². The maximum Gasteiger partial charge on any atom is 0.345 e. The minimum absolute atomic E-state index is 0.00130. The van der Waals surface area contributed by atoms with E-state index in [4.69, 9.17) is 18.9 Å². The number of ether oxygens (including phenoxy) is 4. The van der Waals surface area contributed by atoms with Crippen LogP contribution in [0.25, 0.3) is 0 Å². The molecule has 0 radical (unpaired) electrons. The van der Waals surface area contributed by atoms with Crippen molar-refractivity contribution in [1.82, 2.24) is 0 Å². The van der Waals surface area contributed by atoms with Gasteiger partial charge in [-0.1, -0.05) is 30.3 Å². The molecule has 0 amide bonds. The van der Waals surface area contributed by atoms with E-state index in [1.54, 1.807) is 44.2 Å². The zero-order valence-corrected chi connectivity index (χ0v) is 19.0. The Kier molecular flexibility index (Phi) is 8.67. The second-order valence-corrected chi connectivity index (χ2v) is 7.12. The number of benzene rings is 1. The standard InChI is InChI=1S/C24H26O9/c1-5-32-20(26)17(21(27)33-6-2)12-16-13-24(22(28)30-3,23(29)31-4)14-18(16)19(25)15-10-8-7-9-11-15/h7-12H,5-6,13-14H2,1-4H3. The van der Waals surface area contributed by atoms with Gasteiger partial charge in [0.15, 0.2) is 11.2 Å². The maximum atomic E-state index is 13.3. The van der Waals surface area contributed by atoms with Crippen molar-refractivity contribution in [2.75, 3.05) is 27.4 Å². The molecular formula is C24H26O9. The molecule has 1 aliphatic rings. The lowest BCUT2D eigenvalue weighted by atomic mass is 9.83. The Labute approximate surface area is 191 Å². The van der Waals surface area contributed by atoms with Crippen LogP contribution in [-0.4, -0.2) is 57.1 Å². The third-order valence-corrected chi connectivity index (χ3v) is 5.13. The van der Waals surface area contributed by atoms with Crippen molar-refractivity contribution in [2.24, 2.45) is 5.41 Å². The fourth-order valence-electron chi connectivity index (χ4n) is 3.59. The lowest BCUT2D eigenvalue weighted by molar-refractivity contribution is -0.168. The van der Waals surface area contributed by atoms with Crippen molar-refractivity contribution in [3.05, 3.63) is 58.7 Å². The van der Waals surface area contributed by atoms with Gasteiger partial charge in [0.25, 0.3) is 0 Å². The fraction of sp³-hybridized carbons (Fsp3) is 0.375. The highest BCUT2D eigenvalue weighted by Crippen LogP contribution is 2.46. The topological polar surface area (TPSA) is 122 Å². The number of rotatable bonds is 9. The Balaban J connectivity index is 2.70. The number of ketones is 1. The van der Waals surface area contributed by atoms with Crippen molar-refractivity contribution in [1.29, 1.82) is 0 Å². The minimum atomic E-state index is -1.84. The molecule has 1 aliphatic carbocycles. The molecule has 0 aliphatic heterocycles. The van der Waals surface area contributed by atoms with Crippen molar-refractivity contribution in [2.45, 2.75) is 26.7 Å². The summed E-state index contributed by atoms with van der Waals surface area (Å²) in [5.74, 6) is -4.18. The van der Waals surface area contributed by atoms with Crippen molar-refractivity contribution < 1.29 is 42.9 Å². The highest BCUT2D eigenvalue weighted by atomic mass is 16.6. The van der Waals surface area contributed by atoms with E-state index in [9.17, 15) is 24.0 Å². The van der Waals surface area contributed by atoms with Gasteiger partial charge in [-0.05, 0) is 31.9 Å². The van der Waals surface area contributed by atoms with E-state index in [2.05, 4.69) is 0 Å². The van der Waals surface area contributed by atoms with Crippen LogP contribution in [0.2, 0.25) is 0 Å². The number of allylic oxidation sites excluding steroid dienone is 3. The molecule has 176 valence electrons. The molecule has 0 N–H and O–H groups in total. The van der Waals surface area contributed by atoms with Crippen LogP contribution in [-0.2, 0) is 38.1 Å². The second kappa shape index (κ2) is 11.2. The lowest BCUT2D eigenvalue weighted by Crippen LogP contribution is -2.39. The normalized spacial score (nSPS) is 14.2. The Morgan fingerprint density at radius 2 is 1.36 bits per heavy atom. The van der Waals surface area contributed by atoms with Crippen LogP contribution in [0.1, 0.15) is 37.0 Å². The molecule has 0 unspecified atom stereocenters. The third-order valence-electron chi connectivity index (χ3n) is 5.13. The Bertz CT molecular complexity index is 966. The number of carbonyl (C=O) groups excluding carboxylic acids is 5. The molecule has 1 aromatic carbocycles. The third kappa shape index (κ3) is 5.36. The Hall–Kier alpha value is -3.75. The number of esters is 4. The van der Waals surface area contributed by atoms with Crippen LogP contribution in [0, 0.1) is 5.41 Å². The summed E-state index contributed by atoms with van der Waals surface area (Å²) >= 11 is 0. The van der Waals surface area contributed by atoms with Crippen LogP contribution >= 0.6 is 0 Å². The molecule has 0 spiro atoms. The summed E-state index contributed by atoms with van der Waals surface area (Å²) in [6.45, 7) is 3.14. The first-order chi connectivity index (χ1) is 15.7. The SMILES string of the molecule is CCOC(=O)C(=CC1=C(C(=O)c2ccccc2)CC(C(=O)OC)(C(=O)OC)C1)C(=O)OCC. The molecule has 0 heterocycles. The molecular weight excluding hydrogens is 432 g/mol. The molecule has 1 aromatic rings. The maximum absolute atomic E-state index is 13.3. The van der Waals surface area contributed by atoms with E-state index in [0.717, 1.165) is 20.3 Å². The average molecular weight is 458 g/mol. The molecule has 0 bridgehead atoms. The first kappa shape index (κ1) is 25.5. The van der Waals surface area contributed by atoms with Crippen LogP contribution in [0.15, 0.2) is 53.1 Å². The molecule has 9 heteroatoms. The number of carbonyl (C=O) groups is 5. The zero-order chi connectivity index (χ0) is 24.6. The summed E-state index contributed by atoms with van der Waals surface area (Å²) in [6, 6.07) is 8.20. The van der Waals surface area contributed by atoms with Crippen LogP contribution < -0.4 is 0 Å². The van der Waals surface area contributed by atoms with Crippen LogP contribution in [0.3, 0.4) is 0 Å². The molecule has 0 aromatic heterocycles. The van der Waals surface area contributed by atoms with Gasteiger partial charge in [0.2, 0.25) is 0 Å².